The molecule has 0 bridgehead atoms. The molecule has 1 amide bonds. The first-order valence-corrected chi connectivity index (χ1v) is 10.0. The van der Waals surface area contributed by atoms with E-state index in [0.717, 1.165) is 18.4 Å². The van der Waals surface area contributed by atoms with Gasteiger partial charge in [0.05, 0.1) is 36.9 Å². The summed E-state index contributed by atoms with van der Waals surface area (Å²) in [7, 11) is -3.69. The third-order valence-corrected chi connectivity index (χ3v) is 5.96. The van der Waals surface area contributed by atoms with E-state index < -0.39 is 10.0 Å². The van der Waals surface area contributed by atoms with Crippen molar-refractivity contribution in [3.63, 3.8) is 0 Å². The first-order chi connectivity index (χ1) is 11.9. The van der Waals surface area contributed by atoms with Crippen LogP contribution in [0.2, 0.25) is 0 Å². The van der Waals surface area contributed by atoms with Gasteiger partial charge < -0.3 is 14.8 Å². The zero-order chi connectivity index (χ0) is 17.9. The van der Waals surface area contributed by atoms with Gasteiger partial charge in [0.25, 0.3) is 0 Å². The maximum absolute atomic E-state index is 12.2. The Kier molecular flexibility index (Phi) is 5.73. The lowest BCUT2D eigenvalue weighted by molar-refractivity contribution is -0.158. The van der Waals surface area contributed by atoms with Gasteiger partial charge in [-0.2, -0.15) is 0 Å². The number of aryl methyl sites for hydroxylation is 1. The van der Waals surface area contributed by atoms with Crippen LogP contribution in [0.25, 0.3) is 0 Å². The quantitative estimate of drug-likeness (QED) is 0.799. The van der Waals surface area contributed by atoms with Crippen molar-refractivity contribution in [2.45, 2.75) is 49.3 Å². The Bertz CT molecular complexity index is 722. The molecule has 0 spiro atoms. The van der Waals surface area contributed by atoms with Crippen molar-refractivity contribution in [1.29, 1.82) is 0 Å². The van der Waals surface area contributed by atoms with Crippen molar-refractivity contribution in [1.82, 2.24) is 10.0 Å². The summed E-state index contributed by atoms with van der Waals surface area (Å²) in [5.41, 5.74) is 0.846. The SMILES string of the molecule is Cc1cccc(S(=O)(=O)NCC(=O)N[C@@H]2CC[C@H]3OCCO[C@H]3C2)c1. The van der Waals surface area contributed by atoms with Gasteiger partial charge in [-0.3, -0.25) is 4.79 Å². The number of rotatable bonds is 5. The van der Waals surface area contributed by atoms with Crippen LogP contribution in [0.5, 0.6) is 0 Å². The molecule has 138 valence electrons. The first kappa shape index (κ1) is 18.3. The molecule has 1 aromatic rings. The van der Waals surface area contributed by atoms with Crippen molar-refractivity contribution in [3.05, 3.63) is 29.8 Å². The van der Waals surface area contributed by atoms with E-state index in [0.29, 0.717) is 19.6 Å². The van der Waals surface area contributed by atoms with Gasteiger partial charge >= 0.3 is 0 Å². The predicted molar refractivity (Wildman–Crippen MR) is 91.6 cm³/mol. The molecule has 3 atom stereocenters. The highest BCUT2D eigenvalue weighted by molar-refractivity contribution is 7.89. The Morgan fingerprint density at radius 3 is 2.72 bits per heavy atom. The van der Waals surface area contributed by atoms with Gasteiger partial charge in [-0.15, -0.1) is 0 Å². The molecule has 0 radical (unpaired) electrons. The number of amides is 1. The molecule has 7 nitrogen and oxygen atoms in total. The van der Waals surface area contributed by atoms with Crippen molar-refractivity contribution < 1.29 is 22.7 Å². The van der Waals surface area contributed by atoms with Gasteiger partial charge in [-0.25, -0.2) is 13.1 Å². The molecule has 3 rings (SSSR count). The molecular weight excluding hydrogens is 344 g/mol. The summed E-state index contributed by atoms with van der Waals surface area (Å²) in [5, 5.41) is 2.89. The average Bonchev–Trinajstić information content (AvgIpc) is 2.60. The minimum atomic E-state index is -3.69. The zero-order valence-electron chi connectivity index (χ0n) is 14.2. The Morgan fingerprint density at radius 1 is 1.20 bits per heavy atom. The van der Waals surface area contributed by atoms with Gasteiger partial charge in [0, 0.05) is 6.04 Å². The minimum Gasteiger partial charge on any atom is -0.373 e. The number of nitrogens with one attached hydrogen (secondary N) is 2. The molecule has 8 heteroatoms. The van der Waals surface area contributed by atoms with Gasteiger partial charge in [0.15, 0.2) is 0 Å². The molecule has 2 aliphatic rings. The number of carbonyl (C=O) groups excluding carboxylic acids is 1. The average molecular weight is 368 g/mol. The van der Waals surface area contributed by atoms with Crippen molar-refractivity contribution >= 4 is 15.9 Å². The van der Waals surface area contributed by atoms with Crippen LogP contribution in [-0.4, -0.2) is 52.3 Å². The summed E-state index contributed by atoms with van der Waals surface area (Å²) in [5.74, 6) is -0.337. The number of hydrogen-bond acceptors (Lipinski definition) is 5. The van der Waals surface area contributed by atoms with E-state index in [4.69, 9.17) is 9.47 Å². The minimum absolute atomic E-state index is 0.0109. The van der Waals surface area contributed by atoms with Gasteiger partial charge in [-0.05, 0) is 43.9 Å². The van der Waals surface area contributed by atoms with Gasteiger partial charge in [0.2, 0.25) is 15.9 Å². The Balaban J connectivity index is 1.49. The molecule has 0 aromatic heterocycles. The Hall–Kier alpha value is -1.48. The molecular formula is C17H24N2O5S. The van der Waals surface area contributed by atoms with Crippen LogP contribution in [0.15, 0.2) is 29.2 Å². The summed E-state index contributed by atoms with van der Waals surface area (Å²) >= 11 is 0. The van der Waals surface area contributed by atoms with Gasteiger partial charge in [-0.1, -0.05) is 12.1 Å². The standard InChI is InChI=1S/C17H24N2O5S/c1-12-3-2-4-14(9-12)25(21,22)18-11-17(20)19-13-5-6-15-16(10-13)24-8-7-23-15/h2-4,9,13,15-16,18H,5-8,10-11H2,1H3,(H,19,20)/t13-,15-,16+/m1/s1. The second kappa shape index (κ2) is 7.82. The fourth-order valence-electron chi connectivity index (χ4n) is 3.30. The summed E-state index contributed by atoms with van der Waals surface area (Å²) in [6.07, 6.45) is 2.46. The maximum Gasteiger partial charge on any atom is 0.241 e. The van der Waals surface area contributed by atoms with E-state index in [2.05, 4.69) is 10.0 Å². The number of sulfonamides is 1. The lowest BCUT2D eigenvalue weighted by Crippen LogP contribution is -2.50. The van der Waals surface area contributed by atoms with Crippen LogP contribution in [0.3, 0.4) is 0 Å². The molecule has 25 heavy (non-hydrogen) atoms. The van der Waals surface area contributed by atoms with E-state index in [1.165, 1.54) is 6.07 Å². The van der Waals surface area contributed by atoms with E-state index in [1.807, 2.05) is 13.0 Å². The van der Waals surface area contributed by atoms with Gasteiger partial charge in [0.1, 0.15) is 0 Å². The highest BCUT2D eigenvalue weighted by Crippen LogP contribution is 2.26. The highest BCUT2D eigenvalue weighted by atomic mass is 32.2. The largest absolute Gasteiger partial charge is 0.373 e. The Morgan fingerprint density at radius 2 is 1.96 bits per heavy atom. The van der Waals surface area contributed by atoms with Crippen LogP contribution >= 0.6 is 0 Å². The number of carbonyl (C=O) groups is 1. The van der Waals surface area contributed by atoms with Crippen LogP contribution in [0.1, 0.15) is 24.8 Å². The van der Waals surface area contributed by atoms with E-state index in [-0.39, 0.29) is 35.6 Å². The fourth-order valence-corrected chi connectivity index (χ4v) is 4.39. The number of hydrogen-bond donors (Lipinski definition) is 2. The van der Waals surface area contributed by atoms with Crippen molar-refractivity contribution in [3.8, 4) is 0 Å². The lowest BCUT2D eigenvalue weighted by atomic mass is 9.89. The third-order valence-electron chi connectivity index (χ3n) is 4.57. The summed E-state index contributed by atoms with van der Waals surface area (Å²) < 4.78 is 38.2. The molecule has 1 aliphatic carbocycles. The molecule has 0 unspecified atom stereocenters. The maximum atomic E-state index is 12.2. The molecule has 1 saturated carbocycles. The topological polar surface area (TPSA) is 93.7 Å². The van der Waals surface area contributed by atoms with Crippen LogP contribution < -0.4 is 10.0 Å². The zero-order valence-corrected chi connectivity index (χ0v) is 15.1. The molecule has 1 saturated heterocycles. The molecule has 2 N–H and O–H groups in total. The predicted octanol–water partition coefficient (Wildman–Crippen LogP) is 0.726. The second-order valence-corrected chi connectivity index (χ2v) is 8.30. The molecule has 1 aromatic carbocycles. The monoisotopic (exact) mass is 368 g/mol. The van der Waals surface area contributed by atoms with Crippen molar-refractivity contribution in [2.24, 2.45) is 0 Å². The lowest BCUT2D eigenvalue weighted by Gasteiger charge is -2.39. The Labute approximate surface area is 148 Å². The smallest absolute Gasteiger partial charge is 0.241 e. The van der Waals surface area contributed by atoms with E-state index >= 15 is 0 Å². The third kappa shape index (κ3) is 4.78. The van der Waals surface area contributed by atoms with Crippen molar-refractivity contribution in [2.75, 3.05) is 19.8 Å². The number of benzene rings is 1. The molecule has 1 heterocycles. The molecule has 1 aliphatic heterocycles. The van der Waals surface area contributed by atoms with Crippen LogP contribution in [0, 0.1) is 6.92 Å². The summed E-state index contributed by atoms with van der Waals surface area (Å²) in [6, 6.07) is 6.56. The van der Waals surface area contributed by atoms with E-state index in [1.54, 1.807) is 12.1 Å². The first-order valence-electron chi connectivity index (χ1n) is 8.53. The summed E-state index contributed by atoms with van der Waals surface area (Å²) in [6.45, 7) is 2.74. The van der Waals surface area contributed by atoms with Crippen LogP contribution in [0.4, 0.5) is 0 Å². The van der Waals surface area contributed by atoms with E-state index in [9.17, 15) is 13.2 Å². The molecule has 2 fully saturated rings. The summed E-state index contributed by atoms with van der Waals surface area (Å²) in [4.78, 5) is 12.3. The van der Waals surface area contributed by atoms with Crippen LogP contribution in [-0.2, 0) is 24.3 Å². The fraction of sp³-hybridized carbons (Fsp3) is 0.588. The number of ether oxygens (including phenoxy) is 2. The normalized spacial score (nSPS) is 26.7. The second-order valence-electron chi connectivity index (χ2n) is 6.54. The number of fused-ring (bicyclic) bond motifs is 1. The highest BCUT2D eigenvalue weighted by Gasteiger charge is 2.34.